The number of hydrogen-bond donors (Lipinski definition) is 8. The maximum absolute atomic E-state index is 10.9. The van der Waals surface area contributed by atoms with Gasteiger partial charge in [0.05, 0.1) is 12.9 Å². The van der Waals surface area contributed by atoms with Crippen LogP contribution in [0.1, 0.15) is 31.9 Å². The number of guanidine groups is 1. The lowest BCUT2D eigenvalue weighted by molar-refractivity contribution is -0.0503. The largest absolute Gasteiger partial charge is 0.469 e. The van der Waals surface area contributed by atoms with Gasteiger partial charge in [0.15, 0.2) is 16.8 Å². The minimum absolute atomic E-state index is 0.0904. The fourth-order valence-electron chi connectivity index (χ4n) is 3.49. The minimum atomic E-state index is -4.77. The number of nitrogens with zero attached hydrogens (tertiary/aromatic N) is 4. The van der Waals surface area contributed by atoms with Crippen LogP contribution < -0.4 is 16.8 Å². The lowest BCUT2D eigenvalue weighted by atomic mass is 10.1. The molecule has 0 amide bonds. The molecule has 0 aromatic carbocycles. The molecule has 10 N–H and O–H groups in total. The highest BCUT2D eigenvalue weighted by molar-refractivity contribution is 7.71. The molecular weight excluding hydrogens is 491 g/mol. The van der Waals surface area contributed by atoms with Crippen molar-refractivity contribution in [1.82, 2.24) is 19.5 Å². The Hall–Kier alpha value is -2.17. The van der Waals surface area contributed by atoms with Gasteiger partial charge in [-0.15, -0.1) is 0 Å². The maximum atomic E-state index is 10.9. The Kier molecular flexibility index (Phi) is 8.95. The first kappa shape index (κ1) is 26.4. The predicted molar refractivity (Wildman–Crippen MR) is 124 cm³/mol. The summed E-state index contributed by atoms with van der Waals surface area (Å²) in [6, 6.07) is 0. The van der Waals surface area contributed by atoms with Crippen LogP contribution in [0.25, 0.3) is 11.2 Å². The molecule has 1 fully saturated rings. The van der Waals surface area contributed by atoms with Gasteiger partial charge in [0, 0.05) is 13.1 Å². The molecule has 0 saturated carbocycles. The highest BCUT2D eigenvalue weighted by Crippen LogP contribution is 2.38. The number of ether oxygens (including phenoxy) is 1. The third-order valence-electron chi connectivity index (χ3n) is 5.14. The fraction of sp³-hybridized carbons (Fsp3) is 0.647. The summed E-state index contributed by atoms with van der Waals surface area (Å²) in [4.78, 5) is 33.2. The molecule has 15 nitrogen and oxygen atoms in total. The molecule has 0 spiro atoms. The topological polar surface area (TPSA) is 239 Å². The van der Waals surface area contributed by atoms with Crippen molar-refractivity contribution in [2.75, 3.05) is 25.0 Å². The Morgan fingerprint density at radius 1 is 1.29 bits per heavy atom. The molecule has 2 aromatic heterocycles. The van der Waals surface area contributed by atoms with E-state index in [-0.39, 0.29) is 10.6 Å². The minimum Gasteiger partial charge on any atom is -0.387 e. The summed E-state index contributed by atoms with van der Waals surface area (Å²) in [5.74, 6) is 0.488. The maximum Gasteiger partial charge on any atom is 0.469 e. The number of aromatic amines is 1. The van der Waals surface area contributed by atoms with Crippen LogP contribution in [0.2, 0.25) is 0 Å². The molecule has 1 unspecified atom stereocenters. The molecule has 34 heavy (non-hydrogen) atoms. The second-order valence-corrected chi connectivity index (χ2v) is 9.35. The smallest absolute Gasteiger partial charge is 0.387 e. The van der Waals surface area contributed by atoms with Crippen LogP contribution in [0.15, 0.2) is 11.3 Å². The first-order valence-electron chi connectivity index (χ1n) is 10.5. The Morgan fingerprint density at radius 3 is 2.74 bits per heavy atom. The molecule has 2 aromatic rings. The third kappa shape index (κ3) is 6.93. The van der Waals surface area contributed by atoms with Gasteiger partial charge in [0.25, 0.3) is 0 Å². The van der Waals surface area contributed by atoms with Crippen molar-refractivity contribution < 1.29 is 33.8 Å². The van der Waals surface area contributed by atoms with Gasteiger partial charge in [-0.1, -0.05) is 25.1 Å². The Balaban J connectivity index is 1.63. The number of hydrogen-bond acceptors (Lipinski definition) is 10. The van der Waals surface area contributed by atoms with E-state index in [0.29, 0.717) is 30.2 Å². The Morgan fingerprint density at radius 2 is 2.03 bits per heavy atom. The number of fused-ring (bicyclic) bond motifs is 1. The second kappa shape index (κ2) is 11.5. The number of aliphatic hydroxyl groups excluding tert-OH is 2. The molecule has 3 rings (SSSR count). The van der Waals surface area contributed by atoms with E-state index in [9.17, 15) is 14.8 Å². The van der Waals surface area contributed by atoms with Gasteiger partial charge in [0.2, 0.25) is 5.95 Å². The van der Waals surface area contributed by atoms with Crippen molar-refractivity contribution in [3.05, 3.63) is 11.0 Å². The van der Waals surface area contributed by atoms with E-state index in [1.54, 1.807) is 0 Å². The third-order valence-corrected chi connectivity index (χ3v) is 5.91. The van der Waals surface area contributed by atoms with Crippen LogP contribution in [-0.4, -0.2) is 83.5 Å². The first-order valence-corrected chi connectivity index (χ1v) is 12.5. The number of phosphoric acid groups is 1. The van der Waals surface area contributed by atoms with Gasteiger partial charge in [-0.25, -0.2) is 14.5 Å². The molecule has 3 heterocycles. The fourth-order valence-corrected chi connectivity index (χ4v) is 4.07. The summed E-state index contributed by atoms with van der Waals surface area (Å²) in [7, 11) is -4.77. The molecular formula is C17H29N8O7PS. The van der Waals surface area contributed by atoms with Crippen LogP contribution >= 0.6 is 20.0 Å². The number of nitrogens with one attached hydrogen (secondary N) is 2. The van der Waals surface area contributed by atoms with E-state index in [2.05, 4.69) is 29.8 Å². The Labute approximate surface area is 199 Å². The van der Waals surface area contributed by atoms with E-state index >= 15 is 0 Å². The summed E-state index contributed by atoms with van der Waals surface area (Å²) >= 11 is 5.32. The molecule has 1 saturated heterocycles. The molecule has 0 aliphatic carbocycles. The van der Waals surface area contributed by atoms with Crippen molar-refractivity contribution in [3.8, 4) is 0 Å². The number of anilines is 1. The monoisotopic (exact) mass is 520 g/mol. The highest BCUT2D eigenvalue weighted by Gasteiger charge is 2.45. The molecule has 17 heteroatoms. The van der Waals surface area contributed by atoms with Gasteiger partial charge in [-0.05, 0) is 12.8 Å². The standard InChI is InChI=1S/C17H29N8O7PS/c18-16(19)20-5-3-1-2-4-6-21-17-23-13-10(14(34)24-17)22-8-25(13)15-12(27)11(26)9(32-15)7-31-33(28,29)30/h8-9,11-12,15,26-27H,1-7H2,(H4,18,19,20)(H2,28,29,30)(H2,21,23,24,34)/t9-,11?,12+,15-/m1/s1. The number of phosphoric ester groups is 1. The number of H-pyrrole nitrogens is 1. The van der Waals surface area contributed by atoms with Gasteiger partial charge in [-0.3, -0.25) is 14.1 Å². The van der Waals surface area contributed by atoms with Crippen LogP contribution in [0.5, 0.6) is 0 Å². The van der Waals surface area contributed by atoms with E-state index in [0.717, 1.165) is 25.7 Å². The highest BCUT2D eigenvalue weighted by atomic mass is 32.1. The number of aromatic nitrogens is 4. The lowest BCUT2D eigenvalue weighted by Crippen LogP contribution is -2.33. The number of aliphatic imine (C=N–C) groups is 1. The van der Waals surface area contributed by atoms with E-state index < -0.39 is 39.0 Å². The summed E-state index contributed by atoms with van der Waals surface area (Å²) in [6.45, 7) is 0.617. The summed E-state index contributed by atoms with van der Waals surface area (Å²) < 4.78 is 22.6. The van der Waals surface area contributed by atoms with Crippen molar-refractivity contribution in [3.63, 3.8) is 0 Å². The predicted octanol–water partition coefficient (Wildman–Crippen LogP) is -0.537. The normalized spacial score (nSPS) is 22.8. The van der Waals surface area contributed by atoms with Crippen LogP contribution in [-0.2, 0) is 13.8 Å². The van der Waals surface area contributed by atoms with Gasteiger partial charge >= 0.3 is 7.82 Å². The Bertz CT molecular complexity index is 1100. The van der Waals surface area contributed by atoms with Crippen molar-refractivity contribution >= 4 is 43.1 Å². The summed E-state index contributed by atoms with van der Waals surface area (Å²) in [5.41, 5.74) is 11.3. The molecule has 0 bridgehead atoms. The zero-order valence-electron chi connectivity index (χ0n) is 18.1. The van der Waals surface area contributed by atoms with Gasteiger partial charge in [-0.2, -0.15) is 0 Å². The average Bonchev–Trinajstić information content (AvgIpc) is 3.29. The number of nitrogens with two attached hydrogens (primary N) is 2. The first-order chi connectivity index (χ1) is 16.1. The quantitative estimate of drug-likeness (QED) is 0.0577. The van der Waals surface area contributed by atoms with Crippen molar-refractivity contribution in [2.45, 2.75) is 50.2 Å². The van der Waals surface area contributed by atoms with Crippen molar-refractivity contribution in [1.29, 1.82) is 0 Å². The second-order valence-electron chi connectivity index (χ2n) is 7.72. The number of aliphatic hydroxyl groups is 2. The zero-order chi connectivity index (χ0) is 24.9. The molecule has 190 valence electrons. The van der Waals surface area contributed by atoms with Crippen LogP contribution in [0.4, 0.5) is 5.95 Å². The van der Waals surface area contributed by atoms with E-state index in [1.165, 1.54) is 10.9 Å². The summed E-state index contributed by atoms with van der Waals surface area (Å²) in [6.07, 6.45) is -0.0521. The van der Waals surface area contributed by atoms with E-state index in [4.69, 9.17) is 38.2 Å². The molecule has 0 radical (unpaired) electrons. The van der Waals surface area contributed by atoms with Crippen molar-refractivity contribution in [2.24, 2.45) is 16.5 Å². The van der Waals surface area contributed by atoms with E-state index in [1.807, 2.05) is 0 Å². The molecule has 1 aliphatic heterocycles. The average molecular weight is 521 g/mol. The zero-order valence-corrected chi connectivity index (χ0v) is 19.9. The molecule has 4 atom stereocenters. The number of rotatable bonds is 12. The van der Waals surface area contributed by atoms with Gasteiger partial charge in [0.1, 0.15) is 29.5 Å². The summed E-state index contributed by atoms with van der Waals surface area (Å²) in [5, 5.41) is 23.8. The number of unbranched alkanes of at least 4 members (excludes halogenated alkanes) is 3. The van der Waals surface area contributed by atoms with Crippen LogP contribution in [0.3, 0.4) is 0 Å². The molecule has 1 aliphatic rings. The van der Waals surface area contributed by atoms with Crippen LogP contribution in [0, 0.1) is 4.64 Å². The lowest BCUT2D eigenvalue weighted by Gasteiger charge is -2.17. The van der Waals surface area contributed by atoms with Gasteiger partial charge < -0.3 is 46.5 Å². The number of imidazole rings is 1. The SMILES string of the molecule is NC(N)=NCCCCCCNc1nc(=S)c2ncn([C@@H]3O[C@H](COP(=O)(O)O)C(O)[C@@H]3O)c2[nH]1.